The molecule has 104 valence electrons. The SMILES string of the molecule is CCOc1ccc2c(c1)C(=O)N(CCCCBr)CC2. The van der Waals surface area contributed by atoms with Crippen LogP contribution in [0.2, 0.25) is 0 Å². The van der Waals surface area contributed by atoms with Crippen molar-refractivity contribution in [3.63, 3.8) is 0 Å². The lowest BCUT2D eigenvalue weighted by molar-refractivity contribution is 0.0737. The lowest BCUT2D eigenvalue weighted by Crippen LogP contribution is -2.38. The molecule has 1 aliphatic rings. The van der Waals surface area contributed by atoms with Gasteiger partial charge in [0.1, 0.15) is 5.75 Å². The molecule has 1 heterocycles. The first-order chi connectivity index (χ1) is 9.26. The molecule has 0 fully saturated rings. The third-order valence-corrected chi connectivity index (χ3v) is 3.93. The number of hydrogen-bond acceptors (Lipinski definition) is 2. The molecule has 1 aliphatic heterocycles. The topological polar surface area (TPSA) is 29.5 Å². The van der Waals surface area contributed by atoms with Gasteiger partial charge in [0.05, 0.1) is 6.61 Å². The van der Waals surface area contributed by atoms with Gasteiger partial charge in [-0.3, -0.25) is 4.79 Å². The van der Waals surface area contributed by atoms with Crippen LogP contribution >= 0.6 is 15.9 Å². The average molecular weight is 326 g/mol. The molecule has 0 aromatic heterocycles. The Bertz CT molecular complexity index is 448. The van der Waals surface area contributed by atoms with Crippen LogP contribution in [-0.2, 0) is 6.42 Å². The maximum Gasteiger partial charge on any atom is 0.254 e. The lowest BCUT2D eigenvalue weighted by Gasteiger charge is -2.28. The zero-order chi connectivity index (χ0) is 13.7. The van der Waals surface area contributed by atoms with Crippen LogP contribution in [0.4, 0.5) is 0 Å². The number of ether oxygens (including phenoxy) is 1. The number of alkyl halides is 1. The van der Waals surface area contributed by atoms with Crippen LogP contribution in [0.1, 0.15) is 35.7 Å². The molecule has 1 amide bonds. The molecule has 0 saturated carbocycles. The zero-order valence-electron chi connectivity index (χ0n) is 11.3. The van der Waals surface area contributed by atoms with E-state index in [9.17, 15) is 4.79 Å². The molecule has 3 nitrogen and oxygen atoms in total. The molecule has 4 heteroatoms. The predicted molar refractivity (Wildman–Crippen MR) is 80.2 cm³/mol. The second kappa shape index (κ2) is 6.94. The number of amides is 1. The van der Waals surface area contributed by atoms with Crippen molar-refractivity contribution in [3.8, 4) is 5.75 Å². The van der Waals surface area contributed by atoms with Crippen molar-refractivity contribution in [2.45, 2.75) is 26.2 Å². The molecule has 0 spiro atoms. The first-order valence-electron chi connectivity index (χ1n) is 6.87. The average Bonchev–Trinajstić information content (AvgIpc) is 2.42. The molecule has 0 unspecified atom stereocenters. The van der Waals surface area contributed by atoms with E-state index in [1.807, 2.05) is 30.0 Å². The van der Waals surface area contributed by atoms with Crippen molar-refractivity contribution in [1.82, 2.24) is 4.90 Å². The van der Waals surface area contributed by atoms with Crippen LogP contribution in [0.3, 0.4) is 0 Å². The summed E-state index contributed by atoms with van der Waals surface area (Å²) >= 11 is 3.42. The van der Waals surface area contributed by atoms with Crippen molar-refractivity contribution in [2.75, 3.05) is 25.0 Å². The highest BCUT2D eigenvalue weighted by atomic mass is 79.9. The summed E-state index contributed by atoms with van der Waals surface area (Å²) < 4.78 is 5.48. The van der Waals surface area contributed by atoms with Crippen LogP contribution in [-0.4, -0.2) is 35.8 Å². The molecule has 0 atom stereocenters. The molecule has 0 N–H and O–H groups in total. The summed E-state index contributed by atoms with van der Waals surface area (Å²) in [5.41, 5.74) is 1.96. The molecule has 0 saturated heterocycles. The number of benzene rings is 1. The van der Waals surface area contributed by atoms with E-state index < -0.39 is 0 Å². The van der Waals surface area contributed by atoms with E-state index in [4.69, 9.17) is 4.74 Å². The largest absolute Gasteiger partial charge is 0.494 e. The number of carbonyl (C=O) groups is 1. The summed E-state index contributed by atoms with van der Waals surface area (Å²) in [4.78, 5) is 14.4. The van der Waals surface area contributed by atoms with E-state index in [-0.39, 0.29) is 5.91 Å². The van der Waals surface area contributed by atoms with Gasteiger partial charge in [-0.15, -0.1) is 0 Å². The summed E-state index contributed by atoms with van der Waals surface area (Å²) in [6, 6.07) is 5.86. The summed E-state index contributed by atoms with van der Waals surface area (Å²) in [5, 5.41) is 1.00. The second-order valence-electron chi connectivity index (χ2n) is 4.69. The minimum absolute atomic E-state index is 0.150. The van der Waals surface area contributed by atoms with Crippen LogP contribution in [0.25, 0.3) is 0 Å². The van der Waals surface area contributed by atoms with Gasteiger partial charge in [0.15, 0.2) is 0 Å². The highest BCUT2D eigenvalue weighted by Crippen LogP contribution is 2.24. The van der Waals surface area contributed by atoms with Crippen molar-refractivity contribution >= 4 is 21.8 Å². The normalized spacial score (nSPS) is 14.4. The Morgan fingerprint density at radius 1 is 1.37 bits per heavy atom. The van der Waals surface area contributed by atoms with E-state index in [0.29, 0.717) is 6.61 Å². The maximum atomic E-state index is 12.4. The maximum absolute atomic E-state index is 12.4. The number of nitrogens with zero attached hydrogens (tertiary/aromatic N) is 1. The van der Waals surface area contributed by atoms with Crippen molar-refractivity contribution in [2.24, 2.45) is 0 Å². The van der Waals surface area contributed by atoms with Gasteiger partial charge >= 0.3 is 0 Å². The van der Waals surface area contributed by atoms with Crippen molar-refractivity contribution in [1.29, 1.82) is 0 Å². The number of hydrogen-bond donors (Lipinski definition) is 0. The number of halogens is 1. The molecule has 2 rings (SSSR count). The molecule has 19 heavy (non-hydrogen) atoms. The fourth-order valence-electron chi connectivity index (χ4n) is 2.37. The lowest BCUT2D eigenvalue weighted by atomic mass is 9.98. The number of fused-ring (bicyclic) bond motifs is 1. The molecule has 1 aromatic carbocycles. The van der Waals surface area contributed by atoms with E-state index in [1.54, 1.807) is 0 Å². The summed E-state index contributed by atoms with van der Waals surface area (Å²) in [7, 11) is 0. The highest BCUT2D eigenvalue weighted by molar-refractivity contribution is 9.09. The van der Waals surface area contributed by atoms with Gasteiger partial charge < -0.3 is 9.64 Å². The zero-order valence-corrected chi connectivity index (χ0v) is 12.9. The number of carbonyl (C=O) groups excluding carboxylic acids is 1. The van der Waals surface area contributed by atoms with Crippen molar-refractivity contribution < 1.29 is 9.53 Å². The monoisotopic (exact) mass is 325 g/mol. The standard InChI is InChI=1S/C15H20BrNO2/c1-2-19-13-6-5-12-7-10-17(9-4-3-8-16)15(18)14(12)11-13/h5-6,11H,2-4,7-10H2,1H3. The molecule has 0 aliphatic carbocycles. The minimum atomic E-state index is 0.150. The Balaban J connectivity index is 2.10. The van der Waals surface area contributed by atoms with Crippen LogP contribution < -0.4 is 4.74 Å². The Labute approximate surface area is 123 Å². The van der Waals surface area contributed by atoms with Gasteiger partial charge in [-0.05, 0) is 43.9 Å². The van der Waals surface area contributed by atoms with E-state index in [1.165, 1.54) is 0 Å². The first-order valence-corrected chi connectivity index (χ1v) is 7.99. The van der Waals surface area contributed by atoms with Gasteiger partial charge in [-0.2, -0.15) is 0 Å². The van der Waals surface area contributed by atoms with Crippen molar-refractivity contribution in [3.05, 3.63) is 29.3 Å². The molecular weight excluding hydrogens is 306 g/mol. The van der Waals surface area contributed by atoms with E-state index in [0.717, 1.165) is 54.6 Å². The summed E-state index contributed by atoms with van der Waals surface area (Å²) in [6.07, 6.45) is 3.11. The van der Waals surface area contributed by atoms with Gasteiger partial charge in [0, 0.05) is 24.0 Å². The minimum Gasteiger partial charge on any atom is -0.494 e. The smallest absolute Gasteiger partial charge is 0.254 e. The Morgan fingerprint density at radius 3 is 2.95 bits per heavy atom. The Hall–Kier alpha value is -1.03. The van der Waals surface area contributed by atoms with Crippen LogP contribution in [0.15, 0.2) is 18.2 Å². The molecular formula is C15H20BrNO2. The molecule has 0 bridgehead atoms. The Kier molecular flexibility index (Phi) is 5.25. The van der Waals surface area contributed by atoms with Gasteiger partial charge in [-0.25, -0.2) is 0 Å². The second-order valence-corrected chi connectivity index (χ2v) is 5.48. The quantitative estimate of drug-likeness (QED) is 0.593. The Morgan fingerprint density at radius 2 is 2.21 bits per heavy atom. The first kappa shape index (κ1) is 14.4. The van der Waals surface area contributed by atoms with Crippen LogP contribution in [0.5, 0.6) is 5.75 Å². The van der Waals surface area contributed by atoms with E-state index in [2.05, 4.69) is 15.9 Å². The highest BCUT2D eigenvalue weighted by Gasteiger charge is 2.24. The van der Waals surface area contributed by atoms with Gasteiger partial charge in [0.2, 0.25) is 0 Å². The third-order valence-electron chi connectivity index (χ3n) is 3.37. The molecule has 0 radical (unpaired) electrons. The predicted octanol–water partition coefficient (Wildman–Crippen LogP) is 3.26. The number of rotatable bonds is 6. The van der Waals surface area contributed by atoms with E-state index >= 15 is 0 Å². The summed E-state index contributed by atoms with van der Waals surface area (Å²) in [6.45, 7) is 4.26. The molecule has 1 aromatic rings. The fourth-order valence-corrected chi connectivity index (χ4v) is 2.76. The van der Waals surface area contributed by atoms with Gasteiger partial charge in [0.25, 0.3) is 5.91 Å². The summed E-state index contributed by atoms with van der Waals surface area (Å²) in [5.74, 6) is 0.939. The fraction of sp³-hybridized carbons (Fsp3) is 0.533. The number of unbranched alkanes of at least 4 members (excludes halogenated alkanes) is 1. The van der Waals surface area contributed by atoms with Crippen LogP contribution in [0, 0.1) is 0 Å². The third kappa shape index (κ3) is 3.50. The van der Waals surface area contributed by atoms with Gasteiger partial charge in [-0.1, -0.05) is 22.0 Å².